The van der Waals surface area contributed by atoms with Crippen LogP contribution in [0.15, 0.2) is 17.2 Å². The Hall–Kier alpha value is -1.69. The van der Waals surface area contributed by atoms with Crippen LogP contribution in [0.2, 0.25) is 0 Å². The van der Waals surface area contributed by atoms with Crippen LogP contribution >= 0.6 is 0 Å². The lowest BCUT2D eigenvalue weighted by atomic mass is 10.4. The second-order valence-electron chi connectivity index (χ2n) is 1.77. The third-order valence-corrected chi connectivity index (χ3v) is 1.04. The average Bonchev–Trinajstić information content (AvgIpc) is 2.03. The van der Waals surface area contributed by atoms with Gasteiger partial charge < -0.3 is 4.98 Å². The zero-order chi connectivity index (χ0) is 8.27. The van der Waals surface area contributed by atoms with E-state index in [9.17, 15) is 9.59 Å². The normalized spacial score (nSPS) is 9.18. The van der Waals surface area contributed by atoms with Gasteiger partial charge in [0.1, 0.15) is 5.69 Å². The molecule has 1 heterocycles. The molecule has 0 aromatic carbocycles. The first-order valence-corrected chi connectivity index (χ1v) is 2.79. The van der Waals surface area contributed by atoms with E-state index < -0.39 is 11.5 Å². The molecule has 0 aliphatic carbocycles. The lowest BCUT2D eigenvalue weighted by Gasteiger charge is -1.94. The summed E-state index contributed by atoms with van der Waals surface area (Å²) in [6.45, 7) is 0. The van der Waals surface area contributed by atoms with Crippen LogP contribution in [0.5, 0.6) is 0 Å². The van der Waals surface area contributed by atoms with Crippen LogP contribution in [0.3, 0.4) is 0 Å². The van der Waals surface area contributed by atoms with Crippen LogP contribution in [-0.2, 0) is 0 Å². The Morgan fingerprint density at radius 3 is 3.00 bits per heavy atom. The summed E-state index contributed by atoms with van der Waals surface area (Å²) in [4.78, 5) is 27.1. The SMILES string of the molecule is NNC(=O)c1cc(=O)[nH]cn1. The molecular formula is C5H6N4O2. The number of nitrogen functional groups attached to an aromatic ring is 1. The van der Waals surface area contributed by atoms with Crippen LogP contribution in [0, 0.1) is 0 Å². The van der Waals surface area contributed by atoms with Gasteiger partial charge in [-0.25, -0.2) is 10.8 Å². The molecule has 6 nitrogen and oxygen atoms in total. The first-order chi connectivity index (χ1) is 5.24. The molecule has 1 aromatic heterocycles. The van der Waals surface area contributed by atoms with Gasteiger partial charge in [0.15, 0.2) is 0 Å². The number of H-pyrrole nitrogens is 1. The molecule has 58 valence electrons. The largest absolute Gasteiger partial charge is 0.313 e. The third kappa shape index (κ3) is 1.62. The van der Waals surface area contributed by atoms with Crippen molar-refractivity contribution in [1.29, 1.82) is 0 Å². The van der Waals surface area contributed by atoms with Gasteiger partial charge in [-0.2, -0.15) is 0 Å². The molecule has 0 spiro atoms. The van der Waals surface area contributed by atoms with E-state index in [4.69, 9.17) is 5.84 Å². The van der Waals surface area contributed by atoms with Crippen LogP contribution < -0.4 is 16.8 Å². The third-order valence-electron chi connectivity index (χ3n) is 1.04. The maximum absolute atomic E-state index is 10.7. The van der Waals surface area contributed by atoms with Gasteiger partial charge in [0, 0.05) is 6.07 Å². The summed E-state index contributed by atoms with van der Waals surface area (Å²) in [5.41, 5.74) is 1.46. The molecule has 0 bridgehead atoms. The number of hydrogen-bond donors (Lipinski definition) is 3. The number of nitrogens with two attached hydrogens (primary N) is 1. The molecule has 4 N–H and O–H groups in total. The molecule has 6 heteroatoms. The quantitative estimate of drug-likeness (QED) is 0.257. The van der Waals surface area contributed by atoms with E-state index in [1.807, 2.05) is 5.43 Å². The maximum atomic E-state index is 10.7. The lowest BCUT2D eigenvalue weighted by molar-refractivity contribution is 0.0948. The summed E-state index contributed by atoms with van der Waals surface area (Å²) in [6, 6.07) is 1.06. The smallest absolute Gasteiger partial charge is 0.284 e. The molecule has 1 rings (SSSR count). The van der Waals surface area contributed by atoms with Crippen molar-refractivity contribution in [3.05, 3.63) is 28.4 Å². The van der Waals surface area contributed by atoms with Crippen molar-refractivity contribution in [3.8, 4) is 0 Å². The molecule has 0 atom stereocenters. The predicted molar refractivity (Wildman–Crippen MR) is 36.5 cm³/mol. The molecule has 0 radical (unpaired) electrons. The molecule has 0 unspecified atom stereocenters. The molecule has 0 saturated carbocycles. The van der Waals surface area contributed by atoms with Gasteiger partial charge in [0.05, 0.1) is 6.33 Å². The predicted octanol–water partition coefficient (Wildman–Crippen LogP) is -1.63. The van der Waals surface area contributed by atoms with Crippen molar-refractivity contribution in [2.75, 3.05) is 0 Å². The fraction of sp³-hybridized carbons (Fsp3) is 0. The summed E-state index contributed by atoms with van der Waals surface area (Å²) in [5, 5.41) is 0. The molecular weight excluding hydrogens is 148 g/mol. The van der Waals surface area contributed by atoms with Gasteiger partial charge in [0.25, 0.3) is 11.5 Å². The van der Waals surface area contributed by atoms with Gasteiger partial charge in [-0.15, -0.1) is 0 Å². The standard InChI is InChI=1S/C5H6N4O2/c6-9-5(11)3-1-4(10)8-2-7-3/h1-2H,6H2,(H,9,11)(H,7,8,10). The van der Waals surface area contributed by atoms with Gasteiger partial charge in [-0.3, -0.25) is 15.0 Å². The Bertz CT molecular complexity index is 318. The number of carbonyl (C=O) groups is 1. The van der Waals surface area contributed by atoms with Crippen LogP contribution in [-0.4, -0.2) is 15.9 Å². The minimum absolute atomic E-state index is 0.00347. The van der Waals surface area contributed by atoms with E-state index in [2.05, 4.69) is 9.97 Å². The van der Waals surface area contributed by atoms with Crippen molar-refractivity contribution in [1.82, 2.24) is 15.4 Å². The number of hydrogen-bond acceptors (Lipinski definition) is 4. The van der Waals surface area contributed by atoms with Crippen molar-refractivity contribution in [2.45, 2.75) is 0 Å². The van der Waals surface area contributed by atoms with Crippen molar-refractivity contribution >= 4 is 5.91 Å². The summed E-state index contributed by atoms with van der Waals surface area (Å²) < 4.78 is 0. The molecule has 0 aliphatic rings. The Morgan fingerprint density at radius 1 is 1.73 bits per heavy atom. The van der Waals surface area contributed by atoms with E-state index in [-0.39, 0.29) is 5.69 Å². The van der Waals surface area contributed by atoms with E-state index in [0.29, 0.717) is 0 Å². The number of aromatic amines is 1. The number of hydrazine groups is 1. The number of nitrogens with zero attached hydrogens (tertiary/aromatic N) is 1. The second kappa shape index (κ2) is 2.93. The molecule has 0 fully saturated rings. The van der Waals surface area contributed by atoms with Gasteiger partial charge >= 0.3 is 0 Å². The highest BCUT2D eigenvalue weighted by Crippen LogP contribution is 1.83. The van der Waals surface area contributed by atoms with Crippen LogP contribution in [0.25, 0.3) is 0 Å². The topological polar surface area (TPSA) is 101 Å². The number of rotatable bonds is 1. The van der Waals surface area contributed by atoms with E-state index >= 15 is 0 Å². The van der Waals surface area contributed by atoms with Gasteiger partial charge in [-0.1, -0.05) is 0 Å². The van der Waals surface area contributed by atoms with Crippen LogP contribution in [0.1, 0.15) is 10.5 Å². The average molecular weight is 154 g/mol. The molecule has 0 aliphatic heterocycles. The highest BCUT2D eigenvalue weighted by atomic mass is 16.2. The first kappa shape index (κ1) is 7.42. The molecule has 1 aromatic rings. The van der Waals surface area contributed by atoms with E-state index in [0.717, 1.165) is 12.4 Å². The number of carbonyl (C=O) groups excluding carboxylic acids is 1. The zero-order valence-corrected chi connectivity index (χ0v) is 5.50. The highest BCUT2D eigenvalue weighted by molar-refractivity contribution is 5.91. The Labute approximate surface area is 61.4 Å². The van der Waals surface area contributed by atoms with E-state index in [1.54, 1.807) is 0 Å². The Morgan fingerprint density at radius 2 is 2.45 bits per heavy atom. The van der Waals surface area contributed by atoms with Gasteiger partial charge in [0.2, 0.25) is 0 Å². The van der Waals surface area contributed by atoms with Gasteiger partial charge in [-0.05, 0) is 0 Å². The van der Waals surface area contributed by atoms with Crippen molar-refractivity contribution in [2.24, 2.45) is 5.84 Å². The number of amides is 1. The van der Waals surface area contributed by atoms with E-state index in [1.165, 1.54) is 0 Å². The van der Waals surface area contributed by atoms with Crippen molar-refractivity contribution < 1.29 is 4.79 Å². The Balaban J connectivity index is 3.05. The second-order valence-corrected chi connectivity index (χ2v) is 1.77. The fourth-order valence-corrected chi connectivity index (χ4v) is 0.567. The number of aromatic nitrogens is 2. The minimum atomic E-state index is -0.587. The summed E-state index contributed by atoms with van der Waals surface area (Å²) in [5.74, 6) is 4.22. The maximum Gasteiger partial charge on any atom is 0.284 e. The highest BCUT2D eigenvalue weighted by Gasteiger charge is 2.03. The minimum Gasteiger partial charge on any atom is -0.313 e. The fourth-order valence-electron chi connectivity index (χ4n) is 0.567. The van der Waals surface area contributed by atoms with Crippen LogP contribution in [0.4, 0.5) is 0 Å². The summed E-state index contributed by atoms with van der Waals surface area (Å²) >= 11 is 0. The first-order valence-electron chi connectivity index (χ1n) is 2.79. The summed E-state index contributed by atoms with van der Waals surface area (Å²) in [7, 11) is 0. The van der Waals surface area contributed by atoms with Crippen molar-refractivity contribution in [3.63, 3.8) is 0 Å². The molecule has 11 heavy (non-hydrogen) atoms. The lowest BCUT2D eigenvalue weighted by Crippen LogP contribution is -2.31. The summed E-state index contributed by atoms with van der Waals surface area (Å²) in [6.07, 6.45) is 1.13. The molecule has 0 saturated heterocycles. The monoisotopic (exact) mass is 154 g/mol. The molecule has 1 amide bonds. The zero-order valence-electron chi connectivity index (χ0n) is 5.50. The Kier molecular flexibility index (Phi) is 1.98. The number of nitrogens with one attached hydrogen (secondary N) is 2.